The highest BCUT2D eigenvalue weighted by Gasteiger charge is 2.14. The van der Waals surface area contributed by atoms with Crippen LogP contribution in [0.2, 0.25) is 10.0 Å². The summed E-state index contributed by atoms with van der Waals surface area (Å²) in [6.07, 6.45) is 0.535. The zero-order valence-electron chi connectivity index (χ0n) is 10.8. The Labute approximate surface area is 136 Å². The monoisotopic (exact) mass is 375 g/mol. The van der Waals surface area contributed by atoms with Gasteiger partial charge in [-0.2, -0.15) is 0 Å². The first-order valence-electron chi connectivity index (χ1n) is 6.07. The van der Waals surface area contributed by atoms with Crippen LogP contribution in [-0.2, 0) is 6.42 Å². The molecule has 0 radical (unpaired) electrons. The first-order chi connectivity index (χ1) is 9.51. The minimum atomic E-state index is -0.223. The van der Waals surface area contributed by atoms with Gasteiger partial charge in [0.15, 0.2) is 0 Å². The van der Waals surface area contributed by atoms with Crippen molar-refractivity contribution in [1.82, 2.24) is 5.32 Å². The fraction of sp³-hybridized carbons (Fsp3) is 0.200. The zero-order chi connectivity index (χ0) is 14.7. The lowest BCUT2D eigenvalue weighted by Gasteiger charge is -2.18. The quantitative estimate of drug-likeness (QED) is 0.753. The van der Waals surface area contributed by atoms with Gasteiger partial charge in [0.05, 0.1) is 10.0 Å². The number of benzene rings is 2. The summed E-state index contributed by atoms with van der Waals surface area (Å²) in [5.41, 5.74) is 1.63. The largest absolute Gasteiger partial charge is 0.313 e. The van der Waals surface area contributed by atoms with Crippen molar-refractivity contribution in [3.05, 3.63) is 67.9 Å². The minimum absolute atomic E-state index is 0.0274. The van der Waals surface area contributed by atoms with Gasteiger partial charge in [-0.15, -0.1) is 0 Å². The molecule has 5 heteroatoms. The summed E-state index contributed by atoms with van der Waals surface area (Å²) in [6.45, 7) is 0. The van der Waals surface area contributed by atoms with Crippen LogP contribution in [0, 0.1) is 5.82 Å². The second-order valence-electron chi connectivity index (χ2n) is 4.45. The van der Waals surface area contributed by atoms with Crippen LogP contribution >= 0.6 is 39.1 Å². The number of halogens is 4. The van der Waals surface area contributed by atoms with Crippen LogP contribution in [-0.4, -0.2) is 7.05 Å². The Kier molecular flexibility index (Phi) is 5.44. The molecule has 2 rings (SSSR count). The van der Waals surface area contributed by atoms with E-state index in [1.54, 1.807) is 12.1 Å². The molecule has 2 aromatic carbocycles. The van der Waals surface area contributed by atoms with Gasteiger partial charge in [0.25, 0.3) is 0 Å². The van der Waals surface area contributed by atoms with Crippen LogP contribution < -0.4 is 5.32 Å². The Morgan fingerprint density at radius 3 is 2.50 bits per heavy atom. The van der Waals surface area contributed by atoms with Crippen LogP contribution in [0.5, 0.6) is 0 Å². The SMILES string of the molecule is CNC(Cc1ccc(Br)cc1F)c1ccc(Cl)c(Cl)c1. The van der Waals surface area contributed by atoms with E-state index in [0.29, 0.717) is 22.0 Å². The molecule has 0 heterocycles. The van der Waals surface area contributed by atoms with Crippen LogP contribution in [0.4, 0.5) is 4.39 Å². The van der Waals surface area contributed by atoms with Gasteiger partial charge in [0.2, 0.25) is 0 Å². The minimum Gasteiger partial charge on any atom is -0.313 e. The van der Waals surface area contributed by atoms with Crippen molar-refractivity contribution in [2.75, 3.05) is 7.05 Å². The van der Waals surface area contributed by atoms with E-state index < -0.39 is 0 Å². The van der Waals surface area contributed by atoms with Crippen molar-refractivity contribution < 1.29 is 4.39 Å². The van der Waals surface area contributed by atoms with Gasteiger partial charge >= 0.3 is 0 Å². The molecule has 0 aliphatic rings. The van der Waals surface area contributed by atoms with Crippen molar-refractivity contribution in [3.63, 3.8) is 0 Å². The number of hydrogen-bond acceptors (Lipinski definition) is 1. The van der Waals surface area contributed by atoms with Crippen molar-refractivity contribution in [1.29, 1.82) is 0 Å². The molecule has 0 saturated heterocycles. The molecule has 1 nitrogen and oxygen atoms in total. The maximum atomic E-state index is 13.9. The van der Waals surface area contributed by atoms with Gasteiger partial charge < -0.3 is 5.32 Å². The predicted octanol–water partition coefficient (Wildman–Crippen LogP) is 5.40. The average Bonchev–Trinajstić information content (AvgIpc) is 2.41. The van der Waals surface area contributed by atoms with E-state index in [2.05, 4.69) is 21.2 Å². The molecular weight excluding hydrogens is 364 g/mol. The van der Waals surface area contributed by atoms with Crippen LogP contribution in [0.3, 0.4) is 0 Å². The average molecular weight is 377 g/mol. The molecule has 0 bridgehead atoms. The molecule has 106 valence electrons. The third kappa shape index (κ3) is 3.73. The molecule has 0 fully saturated rings. The lowest BCUT2D eigenvalue weighted by atomic mass is 9.99. The molecule has 1 N–H and O–H groups in total. The highest BCUT2D eigenvalue weighted by Crippen LogP contribution is 2.28. The fourth-order valence-corrected chi connectivity index (χ4v) is 2.66. The van der Waals surface area contributed by atoms with E-state index in [9.17, 15) is 4.39 Å². The molecular formula is C15H13BrCl2FN. The Hall–Kier alpha value is -0.610. The summed E-state index contributed by atoms with van der Waals surface area (Å²) >= 11 is 15.2. The molecule has 0 amide bonds. The van der Waals surface area contributed by atoms with Crippen LogP contribution in [0.1, 0.15) is 17.2 Å². The van der Waals surface area contributed by atoms with Crippen LogP contribution in [0.25, 0.3) is 0 Å². The zero-order valence-corrected chi connectivity index (χ0v) is 13.9. The summed E-state index contributed by atoms with van der Waals surface area (Å²) in [5.74, 6) is -0.223. The highest BCUT2D eigenvalue weighted by molar-refractivity contribution is 9.10. The third-order valence-corrected chi connectivity index (χ3v) is 4.37. The van der Waals surface area contributed by atoms with E-state index >= 15 is 0 Å². The maximum Gasteiger partial charge on any atom is 0.127 e. The lowest BCUT2D eigenvalue weighted by molar-refractivity contribution is 0.554. The van der Waals surface area contributed by atoms with Crippen molar-refractivity contribution in [2.45, 2.75) is 12.5 Å². The second kappa shape index (κ2) is 6.90. The van der Waals surface area contributed by atoms with Gasteiger partial charge in [0.1, 0.15) is 5.82 Å². The molecule has 0 aliphatic heterocycles. The van der Waals surface area contributed by atoms with Crippen molar-refractivity contribution >= 4 is 39.1 Å². The number of likely N-dealkylation sites (N-methyl/N-ethyl adjacent to an activating group) is 1. The van der Waals surface area contributed by atoms with Gasteiger partial charge in [0, 0.05) is 10.5 Å². The van der Waals surface area contributed by atoms with E-state index in [4.69, 9.17) is 23.2 Å². The fourth-order valence-electron chi connectivity index (χ4n) is 2.02. The molecule has 0 aromatic heterocycles. The number of nitrogens with one attached hydrogen (secondary N) is 1. The highest BCUT2D eigenvalue weighted by atomic mass is 79.9. The normalized spacial score (nSPS) is 12.4. The van der Waals surface area contributed by atoms with E-state index in [-0.39, 0.29) is 11.9 Å². The van der Waals surface area contributed by atoms with Crippen molar-refractivity contribution in [3.8, 4) is 0 Å². The Bertz CT molecular complexity index is 619. The summed E-state index contributed by atoms with van der Waals surface area (Å²) in [6, 6.07) is 10.5. The number of hydrogen-bond donors (Lipinski definition) is 1. The summed E-state index contributed by atoms with van der Waals surface area (Å²) in [7, 11) is 1.84. The molecule has 0 saturated carbocycles. The standard InChI is InChI=1S/C15H13BrCl2FN/c1-20-15(10-3-5-12(17)13(18)6-10)7-9-2-4-11(16)8-14(9)19/h2-6,8,15,20H,7H2,1H3. The van der Waals surface area contributed by atoms with E-state index in [1.807, 2.05) is 25.2 Å². The smallest absolute Gasteiger partial charge is 0.127 e. The number of rotatable bonds is 4. The van der Waals surface area contributed by atoms with Gasteiger partial charge in [-0.3, -0.25) is 0 Å². The Morgan fingerprint density at radius 2 is 1.90 bits per heavy atom. The topological polar surface area (TPSA) is 12.0 Å². The summed E-state index contributed by atoms with van der Waals surface area (Å²) < 4.78 is 14.6. The maximum absolute atomic E-state index is 13.9. The lowest BCUT2D eigenvalue weighted by Crippen LogP contribution is -2.19. The van der Waals surface area contributed by atoms with E-state index in [1.165, 1.54) is 6.07 Å². The predicted molar refractivity (Wildman–Crippen MR) is 86.1 cm³/mol. The second-order valence-corrected chi connectivity index (χ2v) is 6.18. The first kappa shape index (κ1) is 15.8. The van der Waals surface area contributed by atoms with Gasteiger partial charge in [-0.1, -0.05) is 51.3 Å². The van der Waals surface area contributed by atoms with Crippen LogP contribution in [0.15, 0.2) is 40.9 Å². The molecule has 0 spiro atoms. The first-order valence-corrected chi connectivity index (χ1v) is 7.62. The van der Waals surface area contributed by atoms with E-state index in [0.717, 1.165) is 10.0 Å². The summed E-state index contributed by atoms with van der Waals surface area (Å²) in [4.78, 5) is 0. The summed E-state index contributed by atoms with van der Waals surface area (Å²) in [5, 5.41) is 4.19. The third-order valence-electron chi connectivity index (χ3n) is 3.13. The molecule has 1 unspecified atom stereocenters. The molecule has 20 heavy (non-hydrogen) atoms. The van der Waals surface area contributed by atoms with Crippen molar-refractivity contribution in [2.24, 2.45) is 0 Å². The molecule has 1 atom stereocenters. The Morgan fingerprint density at radius 1 is 1.15 bits per heavy atom. The molecule has 2 aromatic rings. The Balaban J connectivity index is 2.26. The van der Waals surface area contributed by atoms with Gasteiger partial charge in [-0.05, 0) is 48.9 Å². The molecule has 0 aliphatic carbocycles. The van der Waals surface area contributed by atoms with Gasteiger partial charge in [-0.25, -0.2) is 4.39 Å².